The molecular formula is C33H45ClN2O3. The van der Waals surface area contributed by atoms with Gasteiger partial charge in [-0.1, -0.05) is 62.2 Å². The highest BCUT2D eigenvalue weighted by molar-refractivity contribution is 6.30. The first-order valence-electron chi connectivity index (χ1n) is 14.5. The Morgan fingerprint density at radius 1 is 1.10 bits per heavy atom. The summed E-state index contributed by atoms with van der Waals surface area (Å²) >= 11 is 6.02. The highest BCUT2D eigenvalue weighted by Gasteiger charge is 2.55. The van der Waals surface area contributed by atoms with E-state index in [1.165, 1.54) is 5.57 Å². The summed E-state index contributed by atoms with van der Waals surface area (Å²) in [5.74, 6) is 0.875. The smallest absolute Gasteiger partial charge is 0.246 e. The zero-order valence-electron chi connectivity index (χ0n) is 24.1. The second-order valence-corrected chi connectivity index (χ2v) is 13.2. The van der Waals surface area contributed by atoms with Gasteiger partial charge in [0.15, 0.2) is 0 Å². The van der Waals surface area contributed by atoms with Gasteiger partial charge in [-0.3, -0.25) is 9.59 Å². The first kappa shape index (κ1) is 29.6. The molecule has 0 bridgehead atoms. The van der Waals surface area contributed by atoms with Crippen molar-refractivity contribution in [3.8, 4) is 0 Å². The van der Waals surface area contributed by atoms with Crippen LogP contribution in [0.5, 0.6) is 0 Å². The van der Waals surface area contributed by atoms with Crippen molar-refractivity contribution in [3.63, 3.8) is 0 Å². The summed E-state index contributed by atoms with van der Waals surface area (Å²) in [6.45, 7) is 15.5. The normalized spacial score (nSPS) is 29.4. The van der Waals surface area contributed by atoms with E-state index in [-0.39, 0.29) is 28.7 Å². The molecule has 1 aromatic carbocycles. The van der Waals surface area contributed by atoms with Gasteiger partial charge in [0.1, 0.15) is 0 Å². The quantitative estimate of drug-likeness (QED) is 0.323. The summed E-state index contributed by atoms with van der Waals surface area (Å²) in [6, 6.07) is 7.39. The van der Waals surface area contributed by atoms with Gasteiger partial charge in [0.2, 0.25) is 11.8 Å². The number of piperazine rings is 1. The van der Waals surface area contributed by atoms with E-state index in [9.17, 15) is 14.7 Å². The van der Waals surface area contributed by atoms with Crippen LogP contribution >= 0.6 is 11.6 Å². The molecule has 39 heavy (non-hydrogen) atoms. The second kappa shape index (κ2) is 12.0. The Morgan fingerprint density at radius 2 is 1.77 bits per heavy atom. The number of hydrogen-bond donors (Lipinski definition) is 1. The molecular weight excluding hydrogens is 508 g/mol. The lowest BCUT2D eigenvalue weighted by Crippen LogP contribution is -2.54. The molecule has 1 saturated heterocycles. The highest BCUT2D eigenvalue weighted by Crippen LogP contribution is 2.61. The highest BCUT2D eigenvalue weighted by atomic mass is 35.5. The average Bonchev–Trinajstić information content (AvgIpc) is 2.89. The van der Waals surface area contributed by atoms with Gasteiger partial charge < -0.3 is 14.9 Å². The van der Waals surface area contributed by atoms with Crippen molar-refractivity contribution in [2.24, 2.45) is 22.7 Å². The third-order valence-corrected chi connectivity index (χ3v) is 10.2. The predicted molar refractivity (Wildman–Crippen MR) is 159 cm³/mol. The number of aliphatic hydroxyl groups is 1. The van der Waals surface area contributed by atoms with Crippen LogP contribution in [0.25, 0.3) is 6.08 Å². The van der Waals surface area contributed by atoms with Crippen LogP contribution in [-0.2, 0) is 9.59 Å². The van der Waals surface area contributed by atoms with Crippen molar-refractivity contribution in [2.75, 3.05) is 26.2 Å². The number of halogens is 1. The topological polar surface area (TPSA) is 60.9 Å². The molecule has 2 aliphatic carbocycles. The van der Waals surface area contributed by atoms with Crippen LogP contribution < -0.4 is 0 Å². The molecule has 4 rings (SSSR count). The summed E-state index contributed by atoms with van der Waals surface area (Å²) in [5.41, 5.74) is 3.38. The summed E-state index contributed by atoms with van der Waals surface area (Å²) in [7, 11) is 0. The lowest BCUT2D eigenvalue weighted by Gasteiger charge is -2.59. The van der Waals surface area contributed by atoms with Gasteiger partial charge in [-0.15, -0.1) is 0 Å². The van der Waals surface area contributed by atoms with Crippen LogP contribution in [0.2, 0.25) is 5.02 Å². The van der Waals surface area contributed by atoms with Crippen molar-refractivity contribution in [3.05, 3.63) is 64.7 Å². The molecule has 0 radical (unpaired) electrons. The average molecular weight is 553 g/mol. The number of amides is 2. The molecule has 0 unspecified atom stereocenters. The number of allylic oxidation sites excluding steroid dienone is 2. The van der Waals surface area contributed by atoms with E-state index in [0.29, 0.717) is 43.0 Å². The van der Waals surface area contributed by atoms with Gasteiger partial charge in [0, 0.05) is 43.4 Å². The van der Waals surface area contributed by atoms with Gasteiger partial charge in [0.25, 0.3) is 0 Å². The minimum atomic E-state index is -0.239. The molecule has 1 aromatic rings. The van der Waals surface area contributed by atoms with Crippen LogP contribution in [0, 0.1) is 22.7 Å². The van der Waals surface area contributed by atoms with E-state index in [1.54, 1.807) is 29.2 Å². The molecule has 1 aliphatic heterocycles. The zero-order valence-corrected chi connectivity index (χ0v) is 24.8. The molecule has 3 aliphatic rings. The predicted octanol–water partition coefficient (Wildman–Crippen LogP) is 6.52. The standard InChI is InChI=1S/C33H45ClN2O3/c1-23(9-12-27-24(2)10-13-28-32(3,4)29(37)15-16-33(27,28)5)21-31(39)36-19-17-35(18-20-36)30(38)14-11-25-7-6-8-26(34)22-25/h6-8,11,14,21-22,27-29,37H,2,9-10,12-13,15-20H2,1,3-5H3/b14-11+,23-21+/t27-,28-,29-,33+/m1/s1. The number of benzene rings is 1. The Kier molecular flexibility index (Phi) is 9.12. The number of nitrogens with zero attached hydrogens (tertiary/aromatic N) is 2. The number of carbonyl (C=O) groups is 2. The monoisotopic (exact) mass is 552 g/mol. The van der Waals surface area contributed by atoms with E-state index in [1.807, 2.05) is 23.1 Å². The van der Waals surface area contributed by atoms with Crippen LogP contribution in [-0.4, -0.2) is 59.0 Å². The number of carbonyl (C=O) groups excluding carboxylic acids is 2. The molecule has 1 N–H and O–H groups in total. The van der Waals surface area contributed by atoms with Crippen molar-refractivity contribution < 1.29 is 14.7 Å². The molecule has 2 amide bonds. The summed E-state index contributed by atoms with van der Waals surface area (Å²) in [4.78, 5) is 29.3. The van der Waals surface area contributed by atoms with Gasteiger partial charge in [-0.2, -0.15) is 0 Å². The van der Waals surface area contributed by atoms with Gasteiger partial charge in [-0.05, 0) is 91.9 Å². The Balaban J connectivity index is 1.29. The molecule has 212 valence electrons. The van der Waals surface area contributed by atoms with Crippen LogP contribution in [0.15, 0.2) is 54.1 Å². The number of rotatable bonds is 6. The first-order chi connectivity index (χ1) is 18.4. The van der Waals surface area contributed by atoms with Crippen LogP contribution in [0.1, 0.15) is 71.8 Å². The Morgan fingerprint density at radius 3 is 2.44 bits per heavy atom. The second-order valence-electron chi connectivity index (χ2n) is 12.8. The molecule has 1 heterocycles. The van der Waals surface area contributed by atoms with E-state index in [2.05, 4.69) is 34.3 Å². The summed E-state index contributed by atoms with van der Waals surface area (Å²) < 4.78 is 0. The Hall–Kier alpha value is -2.37. The zero-order chi connectivity index (χ0) is 28.4. The molecule has 5 nitrogen and oxygen atoms in total. The van der Waals surface area contributed by atoms with Crippen molar-refractivity contribution in [1.29, 1.82) is 0 Å². The van der Waals surface area contributed by atoms with Gasteiger partial charge >= 0.3 is 0 Å². The fourth-order valence-electron chi connectivity index (χ4n) is 7.48. The summed E-state index contributed by atoms with van der Waals surface area (Å²) in [6.07, 6.45) is 10.8. The molecule has 0 spiro atoms. The fourth-order valence-corrected chi connectivity index (χ4v) is 7.67. The molecule has 3 fully saturated rings. The molecule has 6 heteroatoms. The van der Waals surface area contributed by atoms with Gasteiger partial charge in [-0.25, -0.2) is 0 Å². The number of aliphatic hydroxyl groups excluding tert-OH is 1. The van der Waals surface area contributed by atoms with Crippen LogP contribution in [0.3, 0.4) is 0 Å². The number of fused-ring (bicyclic) bond motifs is 1. The van der Waals surface area contributed by atoms with Crippen LogP contribution in [0.4, 0.5) is 0 Å². The first-order valence-corrected chi connectivity index (χ1v) is 14.8. The lowest BCUT2D eigenvalue weighted by molar-refractivity contribution is -0.134. The van der Waals surface area contributed by atoms with Crippen molar-refractivity contribution in [2.45, 2.75) is 72.3 Å². The van der Waals surface area contributed by atoms with E-state index >= 15 is 0 Å². The minimum absolute atomic E-state index is 0.0301. The SMILES string of the molecule is C=C1CC[C@@H]2C(C)(C)[C@H](O)CC[C@@]2(C)[C@@H]1CC/C(C)=C/C(=O)N1CCN(C(=O)/C=C/c2cccc(Cl)c2)CC1. The number of hydrogen-bond acceptors (Lipinski definition) is 3. The largest absolute Gasteiger partial charge is 0.393 e. The maximum absolute atomic E-state index is 13.0. The fraction of sp³-hybridized carbons (Fsp3) is 0.576. The Bertz CT molecular complexity index is 1150. The molecule has 2 saturated carbocycles. The maximum Gasteiger partial charge on any atom is 0.246 e. The van der Waals surface area contributed by atoms with E-state index in [4.69, 9.17) is 11.6 Å². The van der Waals surface area contributed by atoms with Crippen molar-refractivity contribution >= 4 is 29.5 Å². The maximum atomic E-state index is 13.0. The van der Waals surface area contributed by atoms with E-state index in [0.717, 1.165) is 49.7 Å². The van der Waals surface area contributed by atoms with Crippen molar-refractivity contribution in [1.82, 2.24) is 9.80 Å². The minimum Gasteiger partial charge on any atom is -0.393 e. The Labute approximate surface area is 239 Å². The molecule has 4 atom stereocenters. The van der Waals surface area contributed by atoms with E-state index < -0.39 is 0 Å². The van der Waals surface area contributed by atoms with Gasteiger partial charge in [0.05, 0.1) is 6.10 Å². The third-order valence-electron chi connectivity index (χ3n) is 9.92. The lowest BCUT2D eigenvalue weighted by atomic mass is 9.46. The third kappa shape index (κ3) is 6.52. The summed E-state index contributed by atoms with van der Waals surface area (Å²) in [5, 5.41) is 11.3. The molecule has 0 aromatic heterocycles.